The Morgan fingerprint density at radius 1 is 1.27 bits per heavy atom. The van der Waals surface area contributed by atoms with Crippen molar-refractivity contribution in [2.45, 2.75) is 13.3 Å². The zero-order chi connectivity index (χ0) is 16.1. The number of nitro groups is 1. The molecule has 6 heteroatoms. The van der Waals surface area contributed by atoms with Gasteiger partial charge in [0.05, 0.1) is 15.5 Å². The van der Waals surface area contributed by atoms with Crippen molar-refractivity contribution in [1.82, 2.24) is 5.32 Å². The molecule has 0 unspecified atom stereocenters. The molecule has 0 radical (unpaired) electrons. The summed E-state index contributed by atoms with van der Waals surface area (Å²) in [6.07, 6.45) is 0.681. The SMILES string of the molecule is Cc1cccc(CCNC(=O)c2cc([N+](=O)[O-])ccc2Cl)c1. The highest BCUT2D eigenvalue weighted by atomic mass is 35.5. The Bertz CT molecular complexity index is 716. The molecule has 0 saturated heterocycles. The van der Waals surface area contributed by atoms with Crippen molar-refractivity contribution in [1.29, 1.82) is 0 Å². The van der Waals surface area contributed by atoms with Gasteiger partial charge in [-0.2, -0.15) is 0 Å². The topological polar surface area (TPSA) is 72.2 Å². The van der Waals surface area contributed by atoms with Crippen LogP contribution in [0.5, 0.6) is 0 Å². The molecule has 0 aromatic heterocycles. The van der Waals surface area contributed by atoms with Gasteiger partial charge in [0, 0.05) is 18.7 Å². The molecule has 22 heavy (non-hydrogen) atoms. The second-order valence-electron chi connectivity index (χ2n) is 4.92. The highest BCUT2D eigenvalue weighted by Crippen LogP contribution is 2.21. The van der Waals surface area contributed by atoms with Crippen LogP contribution in [-0.4, -0.2) is 17.4 Å². The van der Waals surface area contributed by atoms with Crippen LogP contribution >= 0.6 is 11.6 Å². The first-order valence-electron chi connectivity index (χ1n) is 6.75. The first-order chi connectivity index (χ1) is 10.5. The Morgan fingerprint density at radius 2 is 2.05 bits per heavy atom. The second-order valence-corrected chi connectivity index (χ2v) is 5.32. The van der Waals surface area contributed by atoms with Gasteiger partial charge in [0.1, 0.15) is 0 Å². The molecule has 0 bridgehead atoms. The number of nitrogens with zero attached hydrogens (tertiary/aromatic N) is 1. The highest BCUT2D eigenvalue weighted by molar-refractivity contribution is 6.33. The van der Waals surface area contributed by atoms with Gasteiger partial charge < -0.3 is 5.32 Å². The normalized spacial score (nSPS) is 10.3. The number of nitro benzene ring substituents is 1. The van der Waals surface area contributed by atoms with Gasteiger partial charge in [0.25, 0.3) is 11.6 Å². The predicted molar refractivity (Wildman–Crippen MR) is 85.3 cm³/mol. The lowest BCUT2D eigenvalue weighted by atomic mass is 10.1. The van der Waals surface area contributed by atoms with E-state index in [1.54, 1.807) is 0 Å². The van der Waals surface area contributed by atoms with Crippen molar-refractivity contribution in [3.63, 3.8) is 0 Å². The lowest BCUT2D eigenvalue weighted by Gasteiger charge is -2.07. The third kappa shape index (κ3) is 4.05. The minimum atomic E-state index is -0.556. The smallest absolute Gasteiger partial charge is 0.270 e. The summed E-state index contributed by atoms with van der Waals surface area (Å²) in [6.45, 7) is 2.44. The number of nitrogens with one attached hydrogen (secondary N) is 1. The Labute approximate surface area is 133 Å². The number of hydrogen-bond donors (Lipinski definition) is 1. The number of non-ortho nitro benzene ring substituents is 1. The molecule has 0 aliphatic carbocycles. The quantitative estimate of drug-likeness (QED) is 0.677. The van der Waals surface area contributed by atoms with Gasteiger partial charge in [-0.05, 0) is 25.0 Å². The van der Waals surface area contributed by atoms with Gasteiger partial charge in [0.15, 0.2) is 0 Å². The predicted octanol–water partition coefficient (Wildman–Crippen LogP) is 3.53. The van der Waals surface area contributed by atoms with E-state index in [4.69, 9.17) is 11.6 Å². The van der Waals surface area contributed by atoms with Crippen molar-refractivity contribution in [3.05, 3.63) is 74.3 Å². The number of carbonyl (C=O) groups excluding carboxylic acids is 1. The molecule has 1 N–H and O–H groups in total. The number of benzene rings is 2. The molecule has 2 rings (SSSR count). The van der Waals surface area contributed by atoms with E-state index in [9.17, 15) is 14.9 Å². The third-order valence-electron chi connectivity index (χ3n) is 3.19. The summed E-state index contributed by atoms with van der Waals surface area (Å²) in [5.74, 6) is -0.415. The fourth-order valence-corrected chi connectivity index (χ4v) is 2.29. The fraction of sp³-hybridized carbons (Fsp3) is 0.188. The lowest BCUT2D eigenvalue weighted by Crippen LogP contribution is -2.26. The summed E-state index contributed by atoms with van der Waals surface area (Å²) in [5.41, 5.74) is 2.23. The minimum absolute atomic E-state index is 0.111. The van der Waals surface area contributed by atoms with Gasteiger partial charge >= 0.3 is 0 Å². The van der Waals surface area contributed by atoms with Crippen LogP contribution in [0.3, 0.4) is 0 Å². The maximum absolute atomic E-state index is 12.1. The fourth-order valence-electron chi connectivity index (χ4n) is 2.08. The van der Waals surface area contributed by atoms with E-state index in [1.165, 1.54) is 18.2 Å². The largest absolute Gasteiger partial charge is 0.352 e. The van der Waals surface area contributed by atoms with E-state index < -0.39 is 10.8 Å². The minimum Gasteiger partial charge on any atom is -0.352 e. The summed E-state index contributed by atoms with van der Waals surface area (Å²) in [4.78, 5) is 22.3. The molecule has 0 aliphatic rings. The zero-order valence-electron chi connectivity index (χ0n) is 12.0. The van der Waals surface area contributed by atoms with Gasteiger partial charge in [-0.15, -0.1) is 0 Å². The molecule has 0 saturated carbocycles. The van der Waals surface area contributed by atoms with Gasteiger partial charge in [-0.3, -0.25) is 14.9 Å². The van der Waals surface area contributed by atoms with E-state index in [-0.39, 0.29) is 16.3 Å². The summed E-state index contributed by atoms with van der Waals surface area (Å²) in [6, 6.07) is 11.8. The molecular formula is C16H15ClN2O3. The standard InChI is InChI=1S/C16H15ClN2O3/c1-11-3-2-4-12(9-11)7-8-18-16(20)14-10-13(19(21)22)5-6-15(14)17/h2-6,9-10H,7-8H2,1H3,(H,18,20). The van der Waals surface area contributed by atoms with Gasteiger partial charge in [-0.25, -0.2) is 0 Å². The number of aryl methyl sites for hydroxylation is 1. The molecule has 0 aliphatic heterocycles. The highest BCUT2D eigenvalue weighted by Gasteiger charge is 2.15. The number of amides is 1. The zero-order valence-corrected chi connectivity index (χ0v) is 12.8. The Balaban J connectivity index is 2.00. The summed E-state index contributed by atoms with van der Waals surface area (Å²) < 4.78 is 0. The van der Waals surface area contributed by atoms with E-state index in [2.05, 4.69) is 5.32 Å². The van der Waals surface area contributed by atoms with Crippen molar-refractivity contribution in [3.8, 4) is 0 Å². The number of hydrogen-bond acceptors (Lipinski definition) is 3. The van der Waals surface area contributed by atoms with Crippen LogP contribution in [0.2, 0.25) is 5.02 Å². The van der Waals surface area contributed by atoms with Crippen molar-refractivity contribution < 1.29 is 9.72 Å². The maximum atomic E-state index is 12.1. The first-order valence-corrected chi connectivity index (χ1v) is 7.13. The van der Waals surface area contributed by atoms with Crippen molar-refractivity contribution in [2.75, 3.05) is 6.54 Å². The van der Waals surface area contributed by atoms with Gasteiger partial charge in [-0.1, -0.05) is 41.4 Å². The maximum Gasteiger partial charge on any atom is 0.270 e. The monoisotopic (exact) mass is 318 g/mol. The Hall–Kier alpha value is -2.40. The van der Waals surface area contributed by atoms with E-state index in [1.807, 2.05) is 31.2 Å². The van der Waals surface area contributed by atoms with Crippen LogP contribution < -0.4 is 5.32 Å². The van der Waals surface area contributed by atoms with Crippen molar-refractivity contribution >= 4 is 23.2 Å². The van der Waals surface area contributed by atoms with Gasteiger partial charge in [0.2, 0.25) is 0 Å². The van der Waals surface area contributed by atoms with E-state index in [0.29, 0.717) is 13.0 Å². The molecule has 5 nitrogen and oxygen atoms in total. The molecular weight excluding hydrogens is 304 g/mol. The third-order valence-corrected chi connectivity index (χ3v) is 3.52. The van der Waals surface area contributed by atoms with Crippen LogP contribution in [0.15, 0.2) is 42.5 Å². The molecule has 0 heterocycles. The Kier molecular flexibility index (Phi) is 5.12. The number of carbonyl (C=O) groups is 1. The summed E-state index contributed by atoms with van der Waals surface area (Å²) in [5, 5.41) is 13.7. The molecule has 2 aromatic rings. The molecule has 0 atom stereocenters. The molecule has 0 fully saturated rings. The molecule has 0 spiro atoms. The summed E-state index contributed by atoms with van der Waals surface area (Å²) >= 11 is 5.93. The molecule has 1 amide bonds. The van der Waals surface area contributed by atoms with E-state index >= 15 is 0 Å². The Morgan fingerprint density at radius 3 is 2.73 bits per heavy atom. The van der Waals surface area contributed by atoms with Crippen LogP contribution in [0, 0.1) is 17.0 Å². The number of rotatable bonds is 5. The van der Waals surface area contributed by atoms with Crippen LogP contribution in [-0.2, 0) is 6.42 Å². The van der Waals surface area contributed by atoms with E-state index in [0.717, 1.165) is 11.1 Å². The average molecular weight is 319 g/mol. The van der Waals surface area contributed by atoms with Crippen LogP contribution in [0.4, 0.5) is 5.69 Å². The average Bonchev–Trinajstić information content (AvgIpc) is 2.47. The lowest BCUT2D eigenvalue weighted by molar-refractivity contribution is -0.384. The molecule has 2 aromatic carbocycles. The summed E-state index contributed by atoms with van der Waals surface area (Å²) in [7, 11) is 0. The number of halogens is 1. The molecule has 114 valence electrons. The van der Waals surface area contributed by atoms with Crippen LogP contribution in [0.25, 0.3) is 0 Å². The van der Waals surface area contributed by atoms with Crippen LogP contribution in [0.1, 0.15) is 21.5 Å². The van der Waals surface area contributed by atoms with Crippen molar-refractivity contribution in [2.24, 2.45) is 0 Å². The first kappa shape index (κ1) is 16.0. The second kappa shape index (κ2) is 7.04.